The molecule has 3 rings (SSSR count). The van der Waals surface area contributed by atoms with E-state index < -0.39 is 84.6 Å². The highest BCUT2D eigenvalue weighted by Gasteiger charge is 2.50. The van der Waals surface area contributed by atoms with Gasteiger partial charge in [-0.25, -0.2) is 28.6 Å². The zero-order chi connectivity index (χ0) is 46.8. The van der Waals surface area contributed by atoms with Gasteiger partial charge in [0.2, 0.25) is 11.8 Å². The van der Waals surface area contributed by atoms with Crippen LogP contribution in [0.25, 0.3) is 11.2 Å². The van der Waals surface area contributed by atoms with Gasteiger partial charge in [-0.1, -0.05) is 77.0 Å². The molecular formula is C34H60N7O18P3S. The number of phosphoric ester groups is 3. The summed E-state index contributed by atoms with van der Waals surface area (Å²) in [6.45, 7) is 0.784. The summed E-state index contributed by atoms with van der Waals surface area (Å²) in [4.78, 5) is 88.1. The predicted molar refractivity (Wildman–Crippen MR) is 225 cm³/mol. The second kappa shape index (κ2) is 26.0. The first-order valence-electron chi connectivity index (χ1n) is 20.2. The topological polar surface area (TPSA) is 384 Å². The quantitative estimate of drug-likeness (QED) is 0.0381. The number of nitrogens with zero attached hydrogens (tertiary/aromatic N) is 4. The maximum absolute atomic E-state index is 12.7. The highest BCUT2D eigenvalue weighted by Crippen LogP contribution is 2.61. The number of aliphatic hydroxyl groups is 3. The summed E-state index contributed by atoms with van der Waals surface area (Å²) in [6, 6.07) is 0. The van der Waals surface area contributed by atoms with Crippen LogP contribution >= 0.6 is 35.2 Å². The van der Waals surface area contributed by atoms with E-state index in [1.54, 1.807) is 0 Å². The van der Waals surface area contributed by atoms with Gasteiger partial charge in [-0.3, -0.25) is 32.5 Å². The molecular weight excluding hydrogens is 919 g/mol. The van der Waals surface area contributed by atoms with Crippen LogP contribution in [-0.4, -0.2) is 134 Å². The number of nitrogen functional groups attached to an aromatic ring is 1. The van der Waals surface area contributed by atoms with Crippen molar-refractivity contribution in [3.63, 3.8) is 0 Å². The number of phosphoric acid groups is 3. The first kappa shape index (κ1) is 54.9. The molecule has 2 aromatic rings. The van der Waals surface area contributed by atoms with Gasteiger partial charge in [-0.15, -0.1) is 0 Å². The van der Waals surface area contributed by atoms with E-state index in [2.05, 4.69) is 34.4 Å². The number of amides is 2. The summed E-state index contributed by atoms with van der Waals surface area (Å²) < 4.78 is 62.3. The third kappa shape index (κ3) is 19.5. The first-order valence-corrected chi connectivity index (χ1v) is 25.7. The van der Waals surface area contributed by atoms with Crippen molar-refractivity contribution in [2.24, 2.45) is 5.41 Å². The largest absolute Gasteiger partial charge is 0.481 e. The van der Waals surface area contributed by atoms with Crippen LogP contribution in [0.1, 0.15) is 97.1 Å². The molecule has 360 valence electrons. The average molecular weight is 980 g/mol. The van der Waals surface area contributed by atoms with Gasteiger partial charge in [-0.05, 0) is 12.8 Å². The van der Waals surface area contributed by atoms with Crippen molar-refractivity contribution in [1.29, 1.82) is 0 Å². The fourth-order valence-electron chi connectivity index (χ4n) is 6.16. The number of carbonyl (C=O) groups excluding carboxylic acids is 3. The van der Waals surface area contributed by atoms with Crippen LogP contribution in [0.15, 0.2) is 12.7 Å². The van der Waals surface area contributed by atoms with Crippen LogP contribution in [0.4, 0.5) is 5.82 Å². The molecule has 1 fully saturated rings. The number of imidazole rings is 1. The molecule has 2 unspecified atom stereocenters. The Balaban J connectivity index is 1.35. The summed E-state index contributed by atoms with van der Waals surface area (Å²) in [6.07, 6.45) is 4.18. The molecule has 11 N–H and O–H groups in total. The zero-order valence-electron chi connectivity index (χ0n) is 35.0. The summed E-state index contributed by atoms with van der Waals surface area (Å²) in [5.41, 5.74) is 4.27. The van der Waals surface area contributed by atoms with Gasteiger partial charge >= 0.3 is 23.5 Å². The van der Waals surface area contributed by atoms with E-state index >= 15 is 0 Å². The molecule has 7 atom stereocenters. The smallest absolute Gasteiger partial charge is 0.396 e. The Morgan fingerprint density at radius 1 is 0.905 bits per heavy atom. The number of carbonyl (C=O) groups is 3. The number of nitrogens with two attached hydrogens (primary N) is 1. The average Bonchev–Trinajstić information content (AvgIpc) is 3.76. The minimum absolute atomic E-state index is 0.0306. The van der Waals surface area contributed by atoms with Crippen LogP contribution in [-0.2, 0) is 50.7 Å². The van der Waals surface area contributed by atoms with Crippen molar-refractivity contribution in [3.8, 4) is 0 Å². The number of fused-ring (bicyclic) bond motifs is 1. The molecule has 0 bridgehead atoms. The highest BCUT2D eigenvalue weighted by atomic mass is 32.2. The number of hydrogen-bond donors (Lipinski definition) is 10. The third-order valence-electron chi connectivity index (χ3n) is 9.55. The number of unbranched alkanes of at least 4 members (excludes halogenated alkanes) is 9. The molecule has 0 radical (unpaired) electrons. The maximum atomic E-state index is 12.7. The summed E-state index contributed by atoms with van der Waals surface area (Å²) in [5.74, 6) is -1.06. The Kier molecular flexibility index (Phi) is 22.6. The van der Waals surface area contributed by atoms with Crippen LogP contribution in [0.3, 0.4) is 0 Å². The van der Waals surface area contributed by atoms with E-state index in [4.69, 9.17) is 24.6 Å². The Morgan fingerprint density at radius 2 is 1.52 bits per heavy atom. The lowest BCUT2D eigenvalue weighted by atomic mass is 9.87. The lowest BCUT2D eigenvalue weighted by Gasteiger charge is -2.30. The molecule has 0 aromatic carbocycles. The van der Waals surface area contributed by atoms with Gasteiger partial charge < -0.3 is 56.0 Å². The number of nitrogens with one attached hydrogen (secondary N) is 2. The lowest BCUT2D eigenvalue weighted by molar-refractivity contribution is -0.137. The van der Waals surface area contributed by atoms with Crippen molar-refractivity contribution >= 4 is 69.1 Å². The van der Waals surface area contributed by atoms with Gasteiger partial charge in [0.15, 0.2) is 22.8 Å². The number of ether oxygens (including phenoxy) is 1. The van der Waals surface area contributed by atoms with Crippen molar-refractivity contribution in [2.45, 2.75) is 122 Å². The molecule has 1 aliphatic heterocycles. The third-order valence-corrected chi connectivity index (χ3v) is 13.6. The van der Waals surface area contributed by atoms with E-state index in [1.165, 1.54) is 33.1 Å². The molecule has 2 aromatic heterocycles. The second-order valence-electron chi connectivity index (χ2n) is 15.3. The summed E-state index contributed by atoms with van der Waals surface area (Å²) in [7, 11) is -16.4. The Labute approximate surface area is 368 Å². The summed E-state index contributed by atoms with van der Waals surface area (Å²) in [5, 5.41) is 35.4. The first-order chi connectivity index (χ1) is 29.6. The molecule has 2 amide bonds. The number of aromatic nitrogens is 4. The van der Waals surface area contributed by atoms with Crippen molar-refractivity contribution in [1.82, 2.24) is 30.2 Å². The normalized spacial score (nSPS) is 20.6. The Hall–Kier alpha value is -2.48. The molecule has 0 aliphatic carbocycles. The maximum Gasteiger partial charge on any atom is 0.481 e. The monoisotopic (exact) mass is 979 g/mol. The lowest BCUT2D eigenvalue weighted by Crippen LogP contribution is -2.46. The Morgan fingerprint density at radius 3 is 2.16 bits per heavy atom. The number of rotatable bonds is 31. The fraction of sp³-hybridized carbons (Fsp3) is 0.765. The number of anilines is 1. The fourth-order valence-corrected chi connectivity index (χ4v) is 9.71. The van der Waals surface area contributed by atoms with Gasteiger partial charge in [-0.2, -0.15) is 4.31 Å². The van der Waals surface area contributed by atoms with E-state index in [0.717, 1.165) is 73.9 Å². The Bertz CT molecular complexity index is 1930. The van der Waals surface area contributed by atoms with Crippen molar-refractivity contribution in [3.05, 3.63) is 12.7 Å². The second-order valence-corrected chi connectivity index (χ2v) is 20.7. The minimum Gasteiger partial charge on any atom is -0.396 e. The SMILES string of the molecule is CC(C)(COP(=O)(O)OP(=O)(O)OC[C@H]1O[C@@H](n2cnc3c(N)ncnc32)[C@H](O)[C@@H]1OP(=O)(O)O)[C@@H](O)C(=O)NCCC(=O)NCCSC(=O)CCCCCCCCCCCCO. The minimum atomic E-state index is -5.58. The number of hydrogen-bond acceptors (Lipinski definition) is 19. The van der Waals surface area contributed by atoms with E-state index in [1.807, 2.05) is 0 Å². The standard InChI is InChI=1S/C34H60N7O18P3S/c1-34(2,29(46)32(47)37-15-14-24(43)36-16-18-63-25(44)13-11-9-7-5-3-4-6-8-10-12-17-42)20-56-62(53,54)59-61(51,52)55-19-23-28(58-60(48,49)50)27(45)33(57-23)41-22-40-26-30(35)38-21-39-31(26)41/h21-23,27-29,33,42,45-46H,3-20H2,1-2H3,(H,36,43)(H,37,47)(H,51,52)(H,53,54)(H2,35,38,39)(H2,48,49,50)/t23-,27-,28-,29+,33-/m1/s1. The predicted octanol–water partition coefficient (Wildman–Crippen LogP) is 1.95. The molecule has 0 spiro atoms. The van der Waals surface area contributed by atoms with Gasteiger partial charge in [0.25, 0.3) is 0 Å². The van der Waals surface area contributed by atoms with Gasteiger partial charge in [0, 0.05) is 43.7 Å². The van der Waals surface area contributed by atoms with Crippen LogP contribution in [0.5, 0.6) is 0 Å². The van der Waals surface area contributed by atoms with Crippen LogP contribution in [0.2, 0.25) is 0 Å². The van der Waals surface area contributed by atoms with Gasteiger partial charge in [0.05, 0.1) is 19.5 Å². The molecule has 3 heterocycles. The molecule has 1 aliphatic rings. The van der Waals surface area contributed by atoms with Gasteiger partial charge in [0.1, 0.15) is 36.3 Å². The van der Waals surface area contributed by atoms with E-state index in [0.29, 0.717) is 12.2 Å². The van der Waals surface area contributed by atoms with Crippen molar-refractivity contribution < 1.29 is 85.6 Å². The number of thioether (sulfide) groups is 1. The zero-order valence-corrected chi connectivity index (χ0v) is 38.5. The molecule has 63 heavy (non-hydrogen) atoms. The van der Waals surface area contributed by atoms with Crippen molar-refractivity contribution in [2.75, 3.05) is 44.4 Å². The van der Waals surface area contributed by atoms with E-state index in [-0.39, 0.29) is 48.2 Å². The van der Waals surface area contributed by atoms with E-state index in [9.17, 15) is 57.9 Å². The molecule has 1 saturated heterocycles. The van der Waals surface area contributed by atoms with Crippen LogP contribution < -0.4 is 16.4 Å². The summed E-state index contributed by atoms with van der Waals surface area (Å²) >= 11 is 1.13. The molecule has 29 heteroatoms. The van der Waals surface area contributed by atoms with Crippen LogP contribution in [0, 0.1) is 5.41 Å². The number of aliphatic hydroxyl groups excluding tert-OH is 3. The molecule has 0 saturated carbocycles. The molecule has 25 nitrogen and oxygen atoms in total. The highest BCUT2D eigenvalue weighted by molar-refractivity contribution is 8.13.